The lowest BCUT2D eigenvalue weighted by molar-refractivity contribution is -0.0215. The fraction of sp³-hybridized carbons (Fsp3) is 1.00. The summed E-state index contributed by atoms with van der Waals surface area (Å²) in [6, 6.07) is 1.05. The maximum Gasteiger partial charge on any atom is 0.0615 e. The average Bonchev–Trinajstić information content (AvgIpc) is 2.27. The third-order valence-electron chi connectivity index (χ3n) is 4.41. The summed E-state index contributed by atoms with van der Waals surface area (Å²) in [4.78, 5) is 2.64. The van der Waals surface area contributed by atoms with E-state index in [9.17, 15) is 0 Å². The van der Waals surface area contributed by atoms with E-state index >= 15 is 0 Å². The first-order valence-corrected chi connectivity index (χ1v) is 7.23. The Morgan fingerprint density at radius 3 is 2.50 bits per heavy atom. The topological polar surface area (TPSA) is 24.5 Å². The summed E-state index contributed by atoms with van der Waals surface area (Å²) in [6.07, 6.45) is 1.17. The molecule has 1 fully saturated rings. The molecule has 1 heterocycles. The molecule has 0 aromatic heterocycles. The van der Waals surface area contributed by atoms with Crippen LogP contribution in [0.15, 0.2) is 0 Å². The molecule has 1 N–H and O–H groups in total. The van der Waals surface area contributed by atoms with Gasteiger partial charge in [0.15, 0.2) is 0 Å². The highest BCUT2D eigenvalue weighted by atomic mass is 16.5. The van der Waals surface area contributed by atoms with Crippen LogP contribution in [0.5, 0.6) is 0 Å². The summed E-state index contributed by atoms with van der Waals surface area (Å²) in [7, 11) is 1.80. The summed E-state index contributed by atoms with van der Waals surface area (Å²) in [5.74, 6) is 0. The van der Waals surface area contributed by atoms with Gasteiger partial charge in [0.1, 0.15) is 0 Å². The molecule has 1 saturated heterocycles. The lowest BCUT2D eigenvalue weighted by atomic mass is 9.80. The van der Waals surface area contributed by atoms with Crippen molar-refractivity contribution in [1.29, 1.82) is 0 Å². The zero-order chi connectivity index (χ0) is 14.0. The van der Waals surface area contributed by atoms with Crippen molar-refractivity contribution in [3.63, 3.8) is 0 Å². The van der Waals surface area contributed by atoms with Crippen LogP contribution in [-0.2, 0) is 4.74 Å². The van der Waals surface area contributed by atoms with E-state index in [1.54, 1.807) is 7.11 Å². The molecule has 0 aliphatic carbocycles. The molecule has 0 aromatic rings. The highest BCUT2D eigenvalue weighted by Gasteiger charge is 2.41. The van der Waals surface area contributed by atoms with Crippen LogP contribution in [-0.4, -0.2) is 49.3 Å². The number of methoxy groups -OCH3 is 1. The Bertz CT molecular complexity index is 262. The van der Waals surface area contributed by atoms with Gasteiger partial charge in [0.25, 0.3) is 0 Å². The van der Waals surface area contributed by atoms with Crippen LogP contribution in [0.4, 0.5) is 0 Å². The van der Waals surface area contributed by atoms with Crippen molar-refractivity contribution in [1.82, 2.24) is 10.2 Å². The van der Waals surface area contributed by atoms with Gasteiger partial charge in [0, 0.05) is 37.8 Å². The molecule has 0 radical (unpaired) electrons. The standard InChI is InChI=1S/C15H32N2O/c1-8-15(6)11-17(12(2)10-18-7)13(9-16-15)14(3,4)5/h12-13,16H,8-11H2,1-7H3. The van der Waals surface area contributed by atoms with Gasteiger partial charge in [-0.3, -0.25) is 4.90 Å². The van der Waals surface area contributed by atoms with Gasteiger partial charge in [-0.2, -0.15) is 0 Å². The molecular formula is C15H32N2O. The molecule has 3 heteroatoms. The fourth-order valence-electron chi connectivity index (χ4n) is 2.87. The van der Waals surface area contributed by atoms with Crippen molar-refractivity contribution in [3.05, 3.63) is 0 Å². The Kier molecular flexibility index (Phi) is 5.22. The largest absolute Gasteiger partial charge is 0.383 e. The van der Waals surface area contributed by atoms with Gasteiger partial charge in [-0.15, -0.1) is 0 Å². The molecule has 1 rings (SSSR count). The van der Waals surface area contributed by atoms with E-state index in [4.69, 9.17) is 4.74 Å². The predicted octanol–water partition coefficient (Wildman–Crippen LogP) is 2.51. The molecule has 1 aliphatic heterocycles. The number of rotatable bonds is 4. The molecule has 3 unspecified atom stereocenters. The number of hydrogen-bond acceptors (Lipinski definition) is 3. The lowest BCUT2D eigenvalue weighted by Crippen LogP contribution is -2.67. The van der Waals surface area contributed by atoms with Crippen LogP contribution in [0.3, 0.4) is 0 Å². The quantitative estimate of drug-likeness (QED) is 0.836. The summed E-state index contributed by atoms with van der Waals surface area (Å²) in [5.41, 5.74) is 0.536. The van der Waals surface area contributed by atoms with Crippen LogP contribution >= 0.6 is 0 Å². The van der Waals surface area contributed by atoms with Crippen molar-refractivity contribution in [2.45, 2.75) is 65.6 Å². The second kappa shape index (κ2) is 5.89. The summed E-state index contributed by atoms with van der Waals surface area (Å²) >= 11 is 0. The summed E-state index contributed by atoms with van der Waals surface area (Å²) < 4.78 is 5.36. The molecule has 0 saturated carbocycles. The molecule has 108 valence electrons. The third-order valence-corrected chi connectivity index (χ3v) is 4.41. The summed E-state index contributed by atoms with van der Waals surface area (Å²) in [6.45, 7) is 16.9. The number of piperazine rings is 1. The van der Waals surface area contributed by atoms with E-state index in [0.29, 0.717) is 17.5 Å². The molecular weight excluding hydrogens is 224 g/mol. The number of nitrogens with one attached hydrogen (secondary N) is 1. The molecule has 0 aromatic carbocycles. The molecule has 18 heavy (non-hydrogen) atoms. The first kappa shape index (κ1) is 15.9. The molecule has 3 nitrogen and oxygen atoms in total. The predicted molar refractivity (Wildman–Crippen MR) is 78.0 cm³/mol. The van der Waals surface area contributed by atoms with Gasteiger partial charge in [-0.05, 0) is 25.7 Å². The maximum atomic E-state index is 5.36. The van der Waals surface area contributed by atoms with Crippen LogP contribution in [0, 0.1) is 5.41 Å². The van der Waals surface area contributed by atoms with E-state index in [-0.39, 0.29) is 5.54 Å². The number of nitrogens with zero attached hydrogens (tertiary/aromatic N) is 1. The van der Waals surface area contributed by atoms with Gasteiger partial charge in [0.05, 0.1) is 6.61 Å². The zero-order valence-electron chi connectivity index (χ0n) is 13.3. The summed E-state index contributed by atoms with van der Waals surface area (Å²) in [5, 5.41) is 3.75. The first-order chi connectivity index (χ1) is 8.23. The Morgan fingerprint density at radius 2 is 2.06 bits per heavy atom. The first-order valence-electron chi connectivity index (χ1n) is 7.23. The van der Waals surface area contributed by atoms with Crippen molar-refractivity contribution in [2.75, 3.05) is 26.8 Å². The van der Waals surface area contributed by atoms with E-state index < -0.39 is 0 Å². The van der Waals surface area contributed by atoms with E-state index in [2.05, 4.69) is 51.8 Å². The second-order valence-electron chi connectivity index (χ2n) is 7.15. The van der Waals surface area contributed by atoms with Crippen LogP contribution in [0.2, 0.25) is 0 Å². The Morgan fingerprint density at radius 1 is 1.44 bits per heavy atom. The SMILES string of the molecule is CCC1(C)CN(C(C)COC)C(C(C)(C)C)CN1. The second-order valence-corrected chi connectivity index (χ2v) is 7.15. The lowest BCUT2D eigenvalue weighted by Gasteiger charge is -2.52. The van der Waals surface area contributed by atoms with Gasteiger partial charge in [-0.1, -0.05) is 27.7 Å². The number of hydrogen-bond donors (Lipinski definition) is 1. The molecule has 3 atom stereocenters. The van der Waals surface area contributed by atoms with Crippen molar-refractivity contribution in [2.24, 2.45) is 5.41 Å². The monoisotopic (exact) mass is 256 g/mol. The normalized spacial score (nSPS) is 32.5. The minimum absolute atomic E-state index is 0.240. The number of ether oxygens (including phenoxy) is 1. The Balaban J connectivity index is 2.86. The molecule has 1 aliphatic rings. The van der Waals surface area contributed by atoms with Crippen molar-refractivity contribution < 1.29 is 4.74 Å². The minimum atomic E-state index is 0.240. The fourth-order valence-corrected chi connectivity index (χ4v) is 2.87. The Labute approximate surface area is 113 Å². The Hall–Kier alpha value is -0.120. The molecule has 0 amide bonds. The highest BCUT2D eigenvalue weighted by Crippen LogP contribution is 2.31. The molecule has 0 spiro atoms. The van der Waals surface area contributed by atoms with Crippen LogP contribution in [0.25, 0.3) is 0 Å². The smallest absolute Gasteiger partial charge is 0.0615 e. The van der Waals surface area contributed by atoms with Crippen molar-refractivity contribution >= 4 is 0 Å². The van der Waals surface area contributed by atoms with Crippen LogP contribution in [0.1, 0.15) is 48.0 Å². The van der Waals surface area contributed by atoms with E-state index in [1.807, 2.05) is 0 Å². The average molecular weight is 256 g/mol. The van der Waals surface area contributed by atoms with Gasteiger partial charge < -0.3 is 10.1 Å². The third kappa shape index (κ3) is 3.69. The highest BCUT2D eigenvalue weighted by molar-refractivity contribution is 4.99. The maximum absolute atomic E-state index is 5.36. The molecule has 0 bridgehead atoms. The zero-order valence-corrected chi connectivity index (χ0v) is 13.3. The van der Waals surface area contributed by atoms with Crippen LogP contribution < -0.4 is 5.32 Å². The van der Waals surface area contributed by atoms with Gasteiger partial charge >= 0.3 is 0 Å². The van der Waals surface area contributed by atoms with Gasteiger partial charge in [0.2, 0.25) is 0 Å². The van der Waals surface area contributed by atoms with E-state index in [0.717, 1.165) is 19.7 Å². The van der Waals surface area contributed by atoms with Crippen molar-refractivity contribution in [3.8, 4) is 0 Å². The van der Waals surface area contributed by atoms with Gasteiger partial charge in [-0.25, -0.2) is 0 Å². The van der Waals surface area contributed by atoms with E-state index in [1.165, 1.54) is 6.42 Å². The minimum Gasteiger partial charge on any atom is -0.383 e.